The van der Waals surface area contributed by atoms with E-state index in [9.17, 15) is 9.59 Å². The summed E-state index contributed by atoms with van der Waals surface area (Å²) >= 11 is 0. The van der Waals surface area contributed by atoms with Crippen LogP contribution in [0.5, 0.6) is 0 Å². The molecule has 0 unspecified atom stereocenters. The van der Waals surface area contributed by atoms with Gasteiger partial charge in [-0.2, -0.15) is 0 Å². The summed E-state index contributed by atoms with van der Waals surface area (Å²) in [5.41, 5.74) is 0. The Morgan fingerprint density at radius 1 is 1.41 bits per heavy atom. The third-order valence-electron chi connectivity index (χ3n) is 3.07. The first-order valence-electron chi connectivity index (χ1n) is 5.78. The van der Waals surface area contributed by atoms with Gasteiger partial charge >= 0.3 is 12.0 Å². The molecule has 0 spiro atoms. The Hall–Kier alpha value is -1.30. The van der Waals surface area contributed by atoms with Crippen LogP contribution in [0.25, 0.3) is 0 Å². The molecule has 0 saturated carbocycles. The number of nitrogens with zero attached hydrogens (tertiary/aromatic N) is 2. The lowest BCUT2D eigenvalue weighted by Gasteiger charge is -2.33. The predicted octanol–water partition coefficient (Wildman–Crippen LogP) is 0.481. The second-order valence-electron chi connectivity index (χ2n) is 4.30. The first-order chi connectivity index (χ1) is 8.06. The van der Waals surface area contributed by atoms with E-state index in [0.717, 1.165) is 0 Å². The van der Waals surface area contributed by atoms with Gasteiger partial charge in [0, 0.05) is 33.8 Å². The van der Waals surface area contributed by atoms with Crippen molar-refractivity contribution < 1.29 is 19.4 Å². The summed E-state index contributed by atoms with van der Waals surface area (Å²) in [7, 11) is 3.32. The standard InChI is InChI=1S/C11H20N2O4/c1-12(7-8-17-2)11(16)13-5-3-9(4-6-13)10(14)15/h9H,3-8H2,1-2H3,(H,14,15). The molecule has 0 aromatic heterocycles. The molecule has 1 aliphatic heterocycles. The van der Waals surface area contributed by atoms with Gasteiger partial charge in [-0.25, -0.2) is 4.79 Å². The van der Waals surface area contributed by atoms with Crippen molar-refractivity contribution in [3.05, 3.63) is 0 Å². The van der Waals surface area contributed by atoms with Gasteiger partial charge in [0.05, 0.1) is 12.5 Å². The summed E-state index contributed by atoms with van der Waals surface area (Å²) in [4.78, 5) is 26.0. The van der Waals surface area contributed by atoms with Crippen LogP contribution in [0, 0.1) is 5.92 Å². The fraction of sp³-hybridized carbons (Fsp3) is 0.818. The van der Waals surface area contributed by atoms with Crippen LogP contribution in [0.1, 0.15) is 12.8 Å². The number of rotatable bonds is 4. The van der Waals surface area contributed by atoms with Crippen LogP contribution in [0.3, 0.4) is 0 Å². The van der Waals surface area contributed by atoms with Crippen LogP contribution in [0.15, 0.2) is 0 Å². The van der Waals surface area contributed by atoms with E-state index in [2.05, 4.69) is 0 Å². The zero-order valence-corrected chi connectivity index (χ0v) is 10.4. The maximum absolute atomic E-state index is 11.9. The monoisotopic (exact) mass is 244 g/mol. The molecule has 1 fully saturated rings. The Balaban J connectivity index is 2.37. The number of amides is 2. The van der Waals surface area contributed by atoms with Crippen molar-refractivity contribution in [2.45, 2.75) is 12.8 Å². The van der Waals surface area contributed by atoms with Crippen LogP contribution >= 0.6 is 0 Å². The Morgan fingerprint density at radius 3 is 2.47 bits per heavy atom. The van der Waals surface area contributed by atoms with Gasteiger partial charge in [0.15, 0.2) is 0 Å². The number of piperidine rings is 1. The quantitative estimate of drug-likeness (QED) is 0.781. The van der Waals surface area contributed by atoms with Crippen molar-refractivity contribution >= 4 is 12.0 Å². The molecule has 6 nitrogen and oxygen atoms in total. The molecule has 1 aliphatic rings. The summed E-state index contributed by atoms with van der Waals surface area (Å²) in [5, 5.41) is 8.86. The molecular weight excluding hydrogens is 224 g/mol. The molecule has 0 aromatic rings. The average Bonchev–Trinajstić information content (AvgIpc) is 2.35. The van der Waals surface area contributed by atoms with Gasteiger partial charge in [0.2, 0.25) is 0 Å². The number of carboxylic acids is 1. The summed E-state index contributed by atoms with van der Waals surface area (Å²) in [6.07, 6.45) is 1.08. The summed E-state index contributed by atoms with van der Waals surface area (Å²) in [6, 6.07) is -0.0501. The van der Waals surface area contributed by atoms with Crippen molar-refractivity contribution in [3.8, 4) is 0 Å². The number of carboxylic acid groups (broad SMARTS) is 1. The molecule has 1 saturated heterocycles. The minimum atomic E-state index is -0.759. The molecule has 1 N–H and O–H groups in total. The maximum Gasteiger partial charge on any atom is 0.319 e. The number of hydrogen-bond acceptors (Lipinski definition) is 3. The van der Waals surface area contributed by atoms with E-state index < -0.39 is 5.97 Å². The number of likely N-dealkylation sites (N-methyl/N-ethyl adjacent to an activating group) is 1. The van der Waals surface area contributed by atoms with Crippen molar-refractivity contribution in [2.75, 3.05) is 40.4 Å². The normalized spacial score (nSPS) is 16.9. The first kappa shape index (κ1) is 13.8. The number of urea groups is 1. The molecule has 17 heavy (non-hydrogen) atoms. The fourth-order valence-electron chi connectivity index (χ4n) is 1.88. The zero-order chi connectivity index (χ0) is 12.8. The number of methoxy groups -OCH3 is 1. The summed E-state index contributed by atoms with van der Waals surface area (Å²) in [6.45, 7) is 2.10. The molecule has 0 bridgehead atoms. The third-order valence-corrected chi connectivity index (χ3v) is 3.07. The average molecular weight is 244 g/mol. The summed E-state index contributed by atoms with van der Waals surface area (Å²) in [5.74, 6) is -1.06. The predicted molar refractivity (Wildman–Crippen MR) is 61.8 cm³/mol. The lowest BCUT2D eigenvalue weighted by Crippen LogP contribution is -2.46. The van der Waals surface area contributed by atoms with Crippen LogP contribution in [-0.4, -0.2) is 67.3 Å². The minimum Gasteiger partial charge on any atom is -0.481 e. The van der Waals surface area contributed by atoms with Crippen LogP contribution in [0.4, 0.5) is 4.79 Å². The zero-order valence-electron chi connectivity index (χ0n) is 10.4. The first-order valence-corrected chi connectivity index (χ1v) is 5.78. The van der Waals surface area contributed by atoms with Gasteiger partial charge in [-0.3, -0.25) is 4.79 Å². The SMILES string of the molecule is COCCN(C)C(=O)N1CCC(C(=O)O)CC1. The largest absolute Gasteiger partial charge is 0.481 e. The number of carbonyl (C=O) groups excluding carboxylic acids is 1. The highest BCUT2D eigenvalue weighted by atomic mass is 16.5. The lowest BCUT2D eigenvalue weighted by molar-refractivity contribution is -0.143. The van der Waals surface area contributed by atoms with E-state index in [1.165, 1.54) is 0 Å². The highest BCUT2D eigenvalue weighted by Gasteiger charge is 2.28. The van der Waals surface area contributed by atoms with Crippen LogP contribution < -0.4 is 0 Å². The Labute approximate surface area is 101 Å². The van der Waals surface area contributed by atoms with Gasteiger partial charge in [-0.1, -0.05) is 0 Å². The lowest BCUT2D eigenvalue weighted by atomic mass is 9.97. The molecule has 1 heterocycles. The van der Waals surface area contributed by atoms with Gasteiger partial charge in [0.1, 0.15) is 0 Å². The van der Waals surface area contributed by atoms with Gasteiger partial charge < -0.3 is 19.6 Å². The molecule has 0 atom stereocenters. The van der Waals surface area contributed by atoms with Crippen molar-refractivity contribution in [3.63, 3.8) is 0 Å². The van der Waals surface area contributed by atoms with E-state index in [-0.39, 0.29) is 11.9 Å². The van der Waals surface area contributed by atoms with Crippen LogP contribution in [-0.2, 0) is 9.53 Å². The second kappa shape index (κ2) is 6.44. The molecule has 0 aliphatic carbocycles. The van der Waals surface area contributed by atoms with E-state index >= 15 is 0 Å². The summed E-state index contributed by atoms with van der Waals surface area (Å²) < 4.78 is 4.91. The second-order valence-corrected chi connectivity index (χ2v) is 4.30. The van der Waals surface area contributed by atoms with E-state index in [4.69, 9.17) is 9.84 Å². The Morgan fingerprint density at radius 2 is 2.00 bits per heavy atom. The molecule has 0 radical (unpaired) electrons. The number of likely N-dealkylation sites (tertiary alicyclic amines) is 1. The number of hydrogen-bond donors (Lipinski definition) is 1. The van der Waals surface area contributed by atoms with Crippen molar-refractivity contribution in [1.29, 1.82) is 0 Å². The molecule has 6 heteroatoms. The highest BCUT2D eigenvalue weighted by molar-refractivity contribution is 5.75. The maximum atomic E-state index is 11.9. The topological polar surface area (TPSA) is 70.1 Å². The number of aliphatic carboxylic acids is 1. The van der Waals surface area contributed by atoms with Crippen molar-refractivity contribution in [2.24, 2.45) is 5.92 Å². The minimum absolute atomic E-state index is 0.0501. The van der Waals surface area contributed by atoms with E-state index in [0.29, 0.717) is 39.1 Å². The van der Waals surface area contributed by atoms with Crippen molar-refractivity contribution in [1.82, 2.24) is 9.80 Å². The van der Waals surface area contributed by atoms with Crippen LogP contribution in [0.2, 0.25) is 0 Å². The molecule has 1 rings (SSSR count). The van der Waals surface area contributed by atoms with E-state index in [1.54, 1.807) is 24.0 Å². The van der Waals surface area contributed by atoms with Gasteiger partial charge in [0.25, 0.3) is 0 Å². The third kappa shape index (κ3) is 3.89. The molecule has 2 amide bonds. The smallest absolute Gasteiger partial charge is 0.319 e. The highest BCUT2D eigenvalue weighted by Crippen LogP contribution is 2.18. The molecule has 0 aromatic carbocycles. The fourth-order valence-corrected chi connectivity index (χ4v) is 1.88. The molecular formula is C11H20N2O4. The van der Waals surface area contributed by atoms with Gasteiger partial charge in [-0.05, 0) is 12.8 Å². The Bertz CT molecular complexity index is 275. The van der Waals surface area contributed by atoms with E-state index in [1.807, 2.05) is 0 Å². The Kier molecular flexibility index (Phi) is 5.21. The van der Waals surface area contributed by atoms with Gasteiger partial charge in [-0.15, -0.1) is 0 Å². The number of ether oxygens (including phenoxy) is 1. The molecule has 98 valence electrons. The number of carbonyl (C=O) groups is 2.